The zero-order valence-electron chi connectivity index (χ0n) is 26.5. The molecule has 3 saturated heterocycles. The van der Waals surface area contributed by atoms with E-state index in [1.54, 1.807) is 19.9 Å². The number of ether oxygens (including phenoxy) is 4. The SMILES string of the molecule is C=C1C2CC(=O)C(C)/C=C(/C)CC(O)C3(O)OC(CCC3O)CC3CCC(O3)C(CCCC)OC(=O)C(C)C(O)C(O2)C1O. The molecule has 5 N–H and O–H groups in total. The van der Waals surface area contributed by atoms with E-state index in [2.05, 4.69) is 6.58 Å². The molecule has 11 nitrogen and oxygen atoms in total. The number of fused-ring (bicyclic) bond motifs is 6. The number of aliphatic hydroxyl groups excluding tert-OH is 4. The number of carbonyl (C=O) groups excluding carboxylic acids is 2. The molecule has 0 amide bonds. The van der Waals surface area contributed by atoms with Crippen molar-refractivity contribution in [2.75, 3.05) is 0 Å². The number of unbranched alkanes of at least 4 members (excludes halogenated alkanes) is 1. The number of rotatable bonds is 3. The first kappa shape index (κ1) is 35.2. The Bertz CT molecular complexity index is 1060. The van der Waals surface area contributed by atoms with Crippen molar-refractivity contribution < 1.29 is 54.1 Å². The molecule has 4 rings (SSSR count). The Hall–Kier alpha value is -1.70. The molecule has 13 atom stereocenters. The number of Topliss-reactive ketones (excluding diaryl/α,β-unsaturated/α-hetero) is 1. The monoisotopic (exact) mass is 624 g/mol. The summed E-state index contributed by atoms with van der Waals surface area (Å²) >= 11 is 0. The highest BCUT2D eigenvalue weighted by Gasteiger charge is 2.50. The van der Waals surface area contributed by atoms with Gasteiger partial charge < -0.3 is 44.5 Å². The largest absolute Gasteiger partial charge is 0.459 e. The normalized spacial score (nSPS) is 46.0. The maximum Gasteiger partial charge on any atom is 0.311 e. The van der Waals surface area contributed by atoms with E-state index in [1.807, 2.05) is 6.92 Å². The summed E-state index contributed by atoms with van der Waals surface area (Å²) in [4.78, 5) is 26.4. The van der Waals surface area contributed by atoms with Gasteiger partial charge in [-0.05, 0) is 70.8 Å². The quantitative estimate of drug-likeness (QED) is 0.230. The number of aliphatic hydroxyl groups is 5. The van der Waals surface area contributed by atoms with Crippen LogP contribution in [0.25, 0.3) is 0 Å². The predicted molar refractivity (Wildman–Crippen MR) is 159 cm³/mol. The number of hydrogen-bond acceptors (Lipinski definition) is 11. The standard InChI is InChI=1S/C33H52O11/c1-6-7-8-24-25-11-9-21(41-25)15-22-10-12-27(35)33(40,44-22)28(36)14-17(2)13-18(3)23(34)16-26-19(4)29(37)31(42-26)30(38)20(5)32(39)43-24/h13,18,20-22,24-31,35-38,40H,4,6-12,14-16H2,1-3,5H3/b17-13-. The lowest BCUT2D eigenvalue weighted by Gasteiger charge is -2.44. The molecule has 4 aliphatic rings. The molecule has 11 heteroatoms. The highest BCUT2D eigenvalue weighted by molar-refractivity contribution is 5.83. The summed E-state index contributed by atoms with van der Waals surface area (Å²) in [6.45, 7) is 10.9. The Labute approximate surface area is 260 Å². The molecule has 0 aromatic rings. The molecule has 44 heavy (non-hydrogen) atoms. The number of allylic oxidation sites excluding steroid dienone is 1. The summed E-state index contributed by atoms with van der Waals surface area (Å²) in [5.74, 6) is -4.65. The number of carbonyl (C=O) groups is 2. The summed E-state index contributed by atoms with van der Waals surface area (Å²) in [6.07, 6.45) is -2.73. The van der Waals surface area contributed by atoms with Crippen LogP contribution in [-0.2, 0) is 28.5 Å². The topological polar surface area (TPSA) is 172 Å². The fraction of sp³-hybridized carbons (Fsp3) is 0.818. The smallest absolute Gasteiger partial charge is 0.311 e. The second-order valence-electron chi connectivity index (χ2n) is 13.4. The van der Waals surface area contributed by atoms with Crippen molar-refractivity contribution in [1.29, 1.82) is 0 Å². The summed E-state index contributed by atoms with van der Waals surface area (Å²) in [5.41, 5.74) is 0.870. The first-order chi connectivity index (χ1) is 20.7. The maximum absolute atomic E-state index is 13.3. The lowest BCUT2D eigenvalue weighted by molar-refractivity contribution is -0.337. The van der Waals surface area contributed by atoms with Gasteiger partial charge in [0.15, 0.2) is 0 Å². The van der Waals surface area contributed by atoms with Gasteiger partial charge in [0.05, 0.1) is 36.4 Å². The van der Waals surface area contributed by atoms with Gasteiger partial charge in [0.1, 0.15) is 36.3 Å². The summed E-state index contributed by atoms with van der Waals surface area (Å²) < 4.78 is 24.2. The molecule has 0 spiro atoms. The van der Waals surface area contributed by atoms with Crippen LogP contribution in [0.3, 0.4) is 0 Å². The first-order valence-corrected chi connectivity index (χ1v) is 16.3. The lowest BCUT2D eigenvalue weighted by Crippen LogP contribution is -2.59. The summed E-state index contributed by atoms with van der Waals surface area (Å²) in [6, 6.07) is 0. The number of cyclic esters (lactones) is 1. The van der Waals surface area contributed by atoms with Crippen LogP contribution in [0.1, 0.15) is 91.9 Å². The molecule has 0 aliphatic carbocycles. The van der Waals surface area contributed by atoms with Gasteiger partial charge in [-0.25, -0.2) is 0 Å². The molecule has 0 radical (unpaired) electrons. The van der Waals surface area contributed by atoms with E-state index in [-0.39, 0.29) is 42.8 Å². The zero-order valence-corrected chi connectivity index (χ0v) is 26.5. The maximum atomic E-state index is 13.3. The molecule has 0 saturated carbocycles. The third-order valence-electron chi connectivity index (χ3n) is 9.85. The van der Waals surface area contributed by atoms with E-state index in [1.165, 1.54) is 6.92 Å². The van der Waals surface area contributed by atoms with Crippen LogP contribution in [0.5, 0.6) is 0 Å². The third-order valence-corrected chi connectivity index (χ3v) is 9.85. The van der Waals surface area contributed by atoms with Crippen molar-refractivity contribution >= 4 is 11.8 Å². The molecule has 4 heterocycles. The van der Waals surface area contributed by atoms with Crippen LogP contribution < -0.4 is 0 Å². The van der Waals surface area contributed by atoms with Gasteiger partial charge >= 0.3 is 5.97 Å². The Morgan fingerprint density at radius 3 is 2.39 bits per heavy atom. The highest BCUT2D eigenvalue weighted by Crippen LogP contribution is 2.38. The minimum absolute atomic E-state index is 0.0259. The van der Waals surface area contributed by atoms with Gasteiger partial charge in [-0.1, -0.05) is 38.5 Å². The second kappa shape index (κ2) is 14.8. The zero-order chi connectivity index (χ0) is 32.3. The van der Waals surface area contributed by atoms with E-state index >= 15 is 0 Å². The van der Waals surface area contributed by atoms with Crippen LogP contribution in [-0.4, -0.2) is 104 Å². The molecule has 0 aromatic carbocycles. The molecule has 0 aromatic heterocycles. The van der Waals surface area contributed by atoms with Gasteiger partial charge in [-0.15, -0.1) is 0 Å². The summed E-state index contributed by atoms with van der Waals surface area (Å²) in [7, 11) is 0. The van der Waals surface area contributed by atoms with Crippen LogP contribution in [0.4, 0.5) is 0 Å². The van der Waals surface area contributed by atoms with Crippen molar-refractivity contribution in [3.05, 3.63) is 23.8 Å². The molecule has 13 unspecified atom stereocenters. The summed E-state index contributed by atoms with van der Waals surface area (Å²) in [5, 5.41) is 55.0. The van der Waals surface area contributed by atoms with E-state index in [0.29, 0.717) is 37.7 Å². The van der Waals surface area contributed by atoms with E-state index in [4.69, 9.17) is 18.9 Å². The average molecular weight is 625 g/mol. The minimum Gasteiger partial charge on any atom is -0.459 e. The fourth-order valence-corrected chi connectivity index (χ4v) is 6.91. The number of ketones is 1. The lowest BCUT2D eigenvalue weighted by atomic mass is 9.88. The van der Waals surface area contributed by atoms with Gasteiger partial charge in [-0.3, -0.25) is 9.59 Å². The van der Waals surface area contributed by atoms with Crippen LogP contribution in [0.15, 0.2) is 23.8 Å². The second-order valence-corrected chi connectivity index (χ2v) is 13.4. The Morgan fingerprint density at radius 1 is 0.977 bits per heavy atom. The Kier molecular flexibility index (Phi) is 11.8. The third kappa shape index (κ3) is 7.81. The Balaban J connectivity index is 1.60. The first-order valence-electron chi connectivity index (χ1n) is 16.3. The van der Waals surface area contributed by atoms with Gasteiger partial charge in [0.25, 0.3) is 0 Å². The highest BCUT2D eigenvalue weighted by atomic mass is 16.7. The molecule has 250 valence electrons. The van der Waals surface area contributed by atoms with Gasteiger partial charge in [0.2, 0.25) is 5.79 Å². The molecule has 4 aliphatic heterocycles. The van der Waals surface area contributed by atoms with Crippen molar-refractivity contribution in [1.82, 2.24) is 0 Å². The molecular formula is C33H52O11. The number of hydrogen-bond donors (Lipinski definition) is 5. The van der Waals surface area contributed by atoms with E-state index in [0.717, 1.165) is 12.8 Å². The van der Waals surface area contributed by atoms with E-state index < -0.39 is 72.4 Å². The minimum atomic E-state index is -2.18. The van der Waals surface area contributed by atoms with Crippen LogP contribution >= 0.6 is 0 Å². The predicted octanol–water partition coefficient (Wildman–Crippen LogP) is 2.24. The van der Waals surface area contributed by atoms with Gasteiger partial charge in [0, 0.05) is 12.3 Å². The molecular weight excluding hydrogens is 572 g/mol. The van der Waals surface area contributed by atoms with Gasteiger partial charge in [-0.2, -0.15) is 0 Å². The van der Waals surface area contributed by atoms with Crippen molar-refractivity contribution in [3.63, 3.8) is 0 Å². The van der Waals surface area contributed by atoms with Crippen LogP contribution in [0, 0.1) is 11.8 Å². The van der Waals surface area contributed by atoms with E-state index in [9.17, 15) is 35.1 Å². The fourth-order valence-electron chi connectivity index (χ4n) is 6.91. The molecule has 6 bridgehead atoms. The van der Waals surface area contributed by atoms with Crippen LogP contribution in [0.2, 0.25) is 0 Å². The van der Waals surface area contributed by atoms with Crippen molar-refractivity contribution in [3.8, 4) is 0 Å². The Morgan fingerprint density at radius 2 is 1.68 bits per heavy atom. The number of esters is 1. The van der Waals surface area contributed by atoms with Crippen molar-refractivity contribution in [2.45, 2.75) is 159 Å². The molecule has 3 fully saturated rings. The average Bonchev–Trinajstić information content (AvgIpc) is 3.55. The van der Waals surface area contributed by atoms with Crippen molar-refractivity contribution in [2.24, 2.45) is 11.8 Å².